The molecule has 1 saturated carbocycles. The first-order chi connectivity index (χ1) is 10.3. The Morgan fingerprint density at radius 1 is 1.27 bits per heavy atom. The number of hydrogen-bond acceptors (Lipinski definition) is 2. The second kappa shape index (κ2) is 6.21. The number of aryl methyl sites for hydroxylation is 1. The van der Waals surface area contributed by atoms with Gasteiger partial charge in [0.2, 0.25) is 5.91 Å². The average molecular weight is 321 g/mol. The summed E-state index contributed by atoms with van der Waals surface area (Å²) in [7, 11) is 0. The standard InChI is InChI=1S/C18H24N2O.ClH/c21-17(20-14-7-4-10-19-12-14)16-11-18(16)9-3-6-13-5-1-2-8-15(13)18;/h1-2,5,8,14,16,19H,3-4,6-7,9-12H2,(H,20,21);1H/t14-,16?,18?;/m0./s1. The van der Waals surface area contributed by atoms with Crippen LogP contribution in [-0.4, -0.2) is 25.0 Å². The Morgan fingerprint density at radius 2 is 2.14 bits per heavy atom. The predicted molar refractivity (Wildman–Crippen MR) is 90.4 cm³/mol. The average Bonchev–Trinajstić information content (AvgIpc) is 3.24. The van der Waals surface area contributed by atoms with Gasteiger partial charge in [-0.1, -0.05) is 24.3 Å². The molecule has 3 nitrogen and oxygen atoms in total. The Morgan fingerprint density at radius 3 is 2.95 bits per heavy atom. The lowest BCUT2D eigenvalue weighted by Gasteiger charge is -2.28. The molecule has 1 aromatic carbocycles. The number of nitrogens with one attached hydrogen (secondary N) is 2. The van der Waals surface area contributed by atoms with Gasteiger partial charge in [-0.25, -0.2) is 0 Å². The minimum absolute atomic E-state index is 0. The summed E-state index contributed by atoms with van der Waals surface area (Å²) in [6.45, 7) is 2.02. The van der Waals surface area contributed by atoms with E-state index in [0.717, 1.165) is 25.9 Å². The third kappa shape index (κ3) is 2.65. The van der Waals surface area contributed by atoms with E-state index in [0.29, 0.717) is 11.9 Å². The molecule has 4 rings (SSSR count). The van der Waals surface area contributed by atoms with E-state index in [1.54, 1.807) is 0 Å². The molecule has 0 aromatic heterocycles. The molecule has 0 bridgehead atoms. The fraction of sp³-hybridized carbons (Fsp3) is 0.611. The third-order valence-electron chi connectivity index (χ3n) is 5.66. The first-order valence-corrected chi connectivity index (χ1v) is 8.39. The Hall–Kier alpha value is -1.06. The van der Waals surface area contributed by atoms with Crippen LogP contribution < -0.4 is 10.6 Å². The van der Waals surface area contributed by atoms with E-state index in [1.807, 2.05) is 0 Å². The SMILES string of the molecule is Cl.O=C(N[C@H]1CCCNC1)C1CC12CCCc1ccccc12. The lowest BCUT2D eigenvalue weighted by molar-refractivity contribution is -0.123. The van der Waals surface area contributed by atoms with E-state index >= 15 is 0 Å². The first-order valence-electron chi connectivity index (χ1n) is 8.39. The van der Waals surface area contributed by atoms with E-state index in [1.165, 1.54) is 36.8 Å². The van der Waals surface area contributed by atoms with Crippen molar-refractivity contribution >= 4 is 18.3 Å². The molecule has 1 saturated heterocycles. The number of rotatable bonds is 2. The maximum atomic E-state index is 12.6. The zero-order valence-corrected chi connectivity index (χ0v) is 13.8. The van der Waals surface area contributed by atoms with Crippen molar-refractivity contribution in [2.75, 3.05) is 13.1 Å². The van der Waals surface area contributed by atoms with E-state index in [2.05, 4.69) is 34.9 Å². The van der Waals surface area contributed by atoms with Crippen molar-refractivity contribution in [1.82, 2.24) is 10.6 Å². The summed E-state index contributed by atoms with van der Waals surface area (Å²) in [5, 5.41) is 6.65. The van der Waals surface area contributed by atoms with Crippen LogP contribution in [0.25, 0.3) is 0 Å². The molecule has 2 N–H and O–H groups in total. The highest BCUT2D eigenvalue weighted by molar-refractivity contribution is 5.85. The Labute approximate surface area is 138 Å². The molecule has 1 amide bonds. The van der Waals surface area contributed by atoms with Crippen molar-refractivity contribution in [3.63, 3.8) is 0 Å². The molecule has 1 spiro atoms. The van der Waals surface area contributed by atoms with E-state index in [4.69, 9.17) is 0 Å². The fourth-order valence-electron chi connectivity index (χ4n) is 4.45. The number of carbonyl (C=O) groups excluding carboxylic acids is 1. The molecule has 2 fully saturated rings. The summed E-state index contributed by atoms with van der Waals surface area (Å²) in [5.74, 6) is 0.501. The molecule has 120 valence electrons. The quantitative estimate of drug-likeness (QED) is 0.879. The lowest BCUT2D eigenvalue weighted by Crippen LogP contribution is -2.46. The lowest BCUT2D eigenvalue weighted by atomic mass is 9.78. The van der Waals surface area contributed by atoms with Gasteiger partial charge < -0.3 is 10.6 Å². The molecular formula is C18H25ClN2O. The number of piperidine rings is 1. The van der Waals surface area contributed by atoms with Crippen LogP contribution in [0.2, 0.25) is 0 Å². The molecule has 22 heavy (non-hydrogen) atoms. The van der Waals surface area contributed by atoms with Crippen molar-refractivity contribution < 1.29 is 4.79 Å². The largest absolute Gasteiger partial charge is 0.352 e. The van der Waals surface area contributed by atoms with E-state index in [9.17, 15) is 4.79 Å². The van der Waals surface area contributed by atoms with Gasteiger partial charge in [-0.15, -0.1) is 12.4 Å². The van der Waals surface area contributed by atoms with Crippen LogP contribution in [0.1, 0.15) is 43.2 Å². The summed E-state index contributed by atoms with van der Waals surface area (Å²) >= 11 is 0. The maximum absolute atomic E-state index is 12.6. The van der Waals surface area contributed by atoms with Crippen LogP contribution in [0.3, 0.4) is 0 Å². The predicted octanol–water partition coefficient (Wildman–Crippen LogP) is 2.57. The molecular weight excluding hydrogens is 296 g/mol. The summed E-state index contributed by atoms with van der Waals surface area (Å²) in [6.07, 6.45) is 6.93. The third-order valence-corrected chi connectivity index (χ3v) is 5.66. The minimum atomic E-state index is 0. The smallest absolute Gasteiger partial charge is 0.224 e. The molecule has 1 aliphatic heterocycles. The van der Waals surface area contributed by atoms with Gasteiger partial charge in [0.1, 0.15) is 0 Å². The van der Waals surface area contributed by atoms with E-state index in [-0.39, 0.29) is 23.7 Å². The number of benzene rings is 1. The van der Waals surface area contributed by atoms with Crippen molar-refractivity contribution in [2.45, 2.75) is 50.0 Å². The van der Waals surface area contributed by atoms with Crippen LogP contribution >= 0.6 is 12.4 Å². The fourth-order valence-corrected chi connectivity index (χ4v) is 4.45. The second-order valence-electron chi connectivity index (χ2n) is 6.98. The topological polar surface area (TPSA) is 41.1 Å². The van der Waals surface area contributed by atoms with Crippen molar-refractivity contribution in [2.24, 2.45) is 5.92 Å². The summed E-state index contributed by atoms with van der Waals surface area (Å²) in [5.41, 5.74) is 3.10. The molecule has 0 radical (unpaired) electrons. The van der Waals surface area contributed by atoms with Gasteiger partial charge in [-0.05, 0) is 56.2 Å². The first kappa shape index (κ1) is 15.8. The van der Waals surface area contributed by atoms with Crippen LogP contribution in [0.4, 0.5) is 0 Å². The minimum Gasteiger partial charge on any atom is -0.352 e. The molecule has 2 unspecified atom stereocenters. The molecule has 1 heterocycles. The van der Waals surface area contributed by atoms with Gasteiger partial charge in [0.15, 0.2) is 0 Å². The molecule has 1 aromatic rings. The zero-order valence-electron chi connectivity index (χ0n) is 12.9. The summed E-state index contributed by atoms with van der Waals surface area (Å²) in [6, 6.07) is 9.09. The normalized spacial score (nSPS) is 32.7. The van der Waals surface area contributed by atoms with Gasteiger partial charge in [-0.2, -0.15) is 0 Å². The number of halogens is 1. The number of hydrogen-bond donors (Lipinski definition) is 2. The summed E-state index contributed by atoms with van der Waals surface area (Å²) in [4.78, 5) is 12.6. The van der Waals surface area contributed by atoms with Crippen molar-refractivity contribution in [1.29, 1.82) is 0 Å². The highest BCUT2D eigenvalue weighted by Crippen LogP contribution is 2.60. The van der Waals surface area contributed by atoms with E-state index < -0.39 is 0 Å². The number of fused-ring (bicyclic) bond motifs is 2. The number of carbonyl (C=O) groups is 1. The monoisotopic (exact) mass is 320 g/mol. The zero-order chi connectivity index (χ0) is 14.3. The molecule has 3 atom stereocenters. The summed E-state index contributed by atoms with van der Waals surface area (Å²) < 4.78 is 0. The molecule has 4 heteroatoms. The number of amides is 1. The van der Waals surface area contributed by atoms with Gasteiger partial charge in [0.25, 0.3) is 0 Å². The molecule has 2 aliphatic carbocycles. The van der Waals surface area contributed by atoms with Crippen LogP contribution in [-0.2, 0) is 16.6 Å². The Kier molecular flexibility index (Phi) is 4.47. The van der Waals surface area contributed by atoms with Crippen LogP contribution in [0.5, 0.6) is 0 Å². The highest BCUT2D eigenvalue weighted by atomic mass is 35.5. The Balaban J connectivity index is 0.00000144. The Bertz CT molecular complexity index is 556. The van der Waals surface area contributed by atoms with Crippen molar-refractivity contribution in [3.8, 4) is 0 Å². The van der Waals surface area contributed by atoms with Gasteiger partial charge in [-0.3, -0.25) is 4.79 Å². The van der Waals surface area contributed by atoms with Gasteiger partial charge >= 0.3 is 0 Å². The maximum Gasteiger partial charge on any atom is 0.224 e. The van der Waals surface area contributed by atoms with Crippen molar-refractivity contribution in [3.05, 3.63) is 35.4 Å². The van der Waals surface area contributed by atoms with Crippen LogP contribution in [0, 0.1) is 5.92 Å². The van der Waals surface area contributed by atoms with Gasteiger partial charge in [0, 0.05) is 23.9 Å². The molecule has 3 aliphatic rings. The van der Waals surface area contributed by atoms with Gasteiger partial charge in [0.05, 0.1) is 0 Å². The second-order valence-corrected chi connectivity index (χ2v) is 6.98. The van der Waals surface area contributed by atoms with Crippen LogP contribution in [0.15, 0.2) is 24.3 Å². The highest BCUT2D eigenvalue weighted by Gasteiger charge is 2.60.